The third-order valence-corrected chi connectivity index (χ3v) is 2.44. The molecule has 1 aromatic carbocycles. The standard InChI is InChI=1S/C7H9IN2O/c8-6-2-1-3-7(10-9)5(6)4-11/h1-3,10-11H,4,9H2. The molecule has 0 unspecified atom stereocenters. The smallest absolute Gasteiger partial charge is 0.0713 e. The van der Waals surface area contributed by atoms with Gasteiger partial charge in [-0.2, -0.15) is 0 Å². The van der Waals surface area contributed by atoms with Crippen LogP contribution >= 0.6 is 22.6 Å². The lowest BCUT2D eigenvalue weighted by atomic mass is 10.2. The van der Waals surface area contributed by atoms with Crippen LogP contribution in [0.15, 0.2) is 18.2 Å². The molecule has 1 rings (SSSR count). The molecule has 0 aliphatic rings. The number of benzene rings is 1. The molecule has 4 heteroatoms. The highest BCUT2D eigenvalue weighted by atomic mass is 127. The van der Waals surface area contributed by atoms with Gasteiger partial charge in [0.2, 0.25) is 0 Å². The van der Waals surface area contributed by atoms with E-state index in [4.69, 9.17) is 10.9 Å². The van der Waals surface area contributed by atoms with Gasteiger partial charge in [-0.05, 0) is 34.7 Å². The minimum Gasteiger partial charge on any atom is -0.392 e. The number of nitrogens with one attached hydrogen (secondary N) is 1. The molecule has 4 N–H and O–H groups in total. The Morgan fingerprint density at radius 3 is 2.73 bits per heavy atom. The largest absolute Gasteiger partial charge is 0.392 e. The van der Waals surface area contributed by atoms with E-state index in [-0.39, 0.29) is 6.61 Å². The number of aliphatic hydroxyl groups is 1. The van der Waals surface area contributed by atoms with Gasteiger partial charge in [0.25, 0.3) is 0 Å². The molecule has 0 spiro atoms. The van der Waals surface area contributed by atoms with Gasteiger partial charge in [0.05, 0.1) is 12.3 Å². The predicted molar refractivity (Wildman–Crippen MR) is 52.9 cm³/mol. The summed E-state index contributed by atoms with van der Waals surface area (Å²) in [4.78, 5) is 0. The van der Waals surface area contributed by atoms with Crippen molar-refractivity contribution in [2.75, 3.05) is 5.43 Å². The first-order valence-electron chi connectivity index (χ1n) is 3.14. The van der Waals surface area contributed by atoms with Crippen LogP contribution in [0, 0.1) is 3.57 Å². The van der Waals surface area contributed by atoms with Crippen LogP contribution in [0.1, 0.15) is 5.56 Å². The Kier molecular flexibility index (Phi) is 3.10. The fourth-order valence-corrected chi connectivity index (χ4v) is 1.52. The molecule has 0 aliphatic heterocycles. The Hall–Kier alpha value is -0.330. The van der Waals surface area contributed by atoms with Crippen LogP contribution in [0.2, 0.25) is 0 Å². The zero-order valence-corrected chi connectivity index (χ0v) is 8.00. The molecule has 0 bridgehead atoms. The number of nitrogens with two attached hydrogens (primary N) is 1. The van der Waals surface area contributed by atoms with Gasteiger partial charge in [-0.25, -0.2) is 0 Å². The monoisotopic (exact) mass is 264 g/mol. The second-order valence-corrected chi connectivity index (χ2v) is 3.23. The maximum Gasteiger partial charge on any atom is 0.0713 e. The highest BCUT2D eigenvalue weighted by molar-refractivity contribution is 14.1. The van der Waals surface area contributed by atoms with E-state index < -0.39 is 0 Å². The molecule has 0 radical (unpaired) electrons. The highest BCUT2D eigenvalue weighted by Gasteiger charge is 2.02. The lowest BCUT2D eigenvalue weighted by Crippen LogP contribution is -2.09. The van der Waals surface area contributed by atoms with Crippen LogP contribution in [0.3, 0.4) is 0 Å². The van der Waals surface area contributed by atoms with Crippen LogP contribution in [0.25, 0.3) is 0 Å². The van der Waals surface area contributed by atoms with Gasteiger partial charge in [-0.15, -0.1) is 0 Å². The number of hydrogen-bond acceptors (Lipinski definition) is 3. The van der Waals surface area contributed by atoms with Gasteiger partial charge in [0.1, 0.15) is 0 Å². The average Bonchev–Trinajstić information content (AvgIpc) is 2.04. The van der Waals surface area contributed by atoms with Crippen molar-refractivity contribution in [3.05, 3.63) is 27.3 Å². The summed E-state index contributed by atoms with van der Waals surface area (Å²) in [5.74, 6) is 5.23. The van der Waals surface area contributed by atoms with E-state index in [2.05, 4.69) is 28.0 Å². The first kappa shape index (κ1) is 8.76. The summed E-state index contributed by atoms with van der Waals surface area (Å²) < 4.78 is 1.01. The van der Waals surface area contributed by atoms with Crippen LogP contribution in [-0.2, 0) is 6.61 Å². The third kappa shape index (κ3) is 1.82. The van der Waals surface area contributed by atoms with Crippen molar-refractivity contribution in [1.29, 1.82) is 0 Å². The molecule has 0 aliphatic carbocycles. The van der Waals surface area contributed by atoms with Crippen molar-refractivity contribution < 1.29 is 5.11 Å². The van der Waals surface area contributed by atoms with E-state index in [1.54, 1.807) is 0 Å². The minimum atomic E-state index is 0.0125. The van der Waals surface area contributed by atoms with Crippen molar-refractivity contribution >= 4 is 28.3 Å². The van der Waals surface area contributed by atoms with Crippen LogP contribution in [-0.4, -0.2) is 5.11 Å². The van der Waals surface area contributed by atoms with Crippen molar-refractivity contribution in [1.82, 2.24) is 0 Å². The van der Waals surface area contributed by atoms with Crippen molar-refractivity contribution in [3.63, 3.8) is 0 Å². The number of nitrogen functional groups attached to an aromatic ring is 1. The van der Waals surface area contributed by atoms with E-state index in [0.717, 1.165) is 14.8 Å². The Morgan fingerprint density at radius 1 is 1.55 bits per heavy atom. The molecule has 0 saturated carbocycles. The fraction of sp³-hybridized carbons (Fsp3) is 0.143. The molecule has 0 fully saturated rings. The average molecular weight is 264 g/mol. The summed E-state index contributed by atoms with van der Waals surface area (Å²) >= 11 is 2.15. The first-order chi connectivity index (χ1) is 5.29. The summed E-state index contributed by atoms with van der Waals surface area (Å²) in [6, 6.07) is 5.64. The summed E-state index contributed by atoms with van der Waals surface area (Å²) in [5.41, 5.74) is 4.14. The van der Waals surface area contributed by atoms with Gasteiger partial charge in [0, 0.05) is 9.13 Å². The molecule has 0 aromatic heterocycles. The molecule has 60 valence electrons. The Bertz CT molecular complexity index is 252. The molecule has 0 heterocycles. The molecule has 0 atom stereocenters. The maximum absolute atomic E-state index is 8.93. The molecular weight excluding hydrogens is 255 g/mol. The van der Waals surface area contributed by atoms with E-state index >= 15 is 0 Å². The predicted octanol–water partition coefficient (Wildman–Crippen LogP) is 1.07. The van der Waals surface area contributed by atoms with Gasteiger partial charge in [-0.3, -0.25) is 5.84 Å². The van der Waals surface area contributed by atoms with Crippen molar-refractivity contribution in [2.24, 2.45) is 5.84 Å². The normalized spacial score (nSPS) is 9.73. The SMILES string of the molecule is NNc1cccc(I)c1CO. The number of hydrogen-bond donors (Lipinski definition) is 3. The minimum absolute atomic E-state index is 0.0125. The lowest BCUT2D eigenvalue weighted by molar-refractivity contribution is 0.281. The number of hydrazine groups is 1. The second-order valence-electron chi connectivity index (χ2n) is 2.07. The van der Waals surface area contributed by atoms with Gasteiger partial charge < -0.3 is 10.5 Å². The molecule has 3 nitrogen and oxygen atoms in total. The van der Waals surface area contributed by atoms with Crippen molar-refractivity contribution in [3.8, 4) is 0 Å². The number of anilines is 1. The van der Waals surface area contributed by atoms with E-state index in [1.165, 1.54) is 0 Å². The zero-order chi connectivity index (χ0) is 8.27. The Morgan fingerprint density at radius 2 is 2.27 bits per heavy atom. The molecule has 1 aromatic rings. The Labute approximate surface area is 78.7 Å². The first-order valence-corrected chi connectivity index (χ1v) is 4.22. The summed E-state index contributed by atoms with van der Waals surface area (Å²) in [7, 11) is 0. The van der Waals surface area contributed by atoms with Crippen LogP contribution in [0.4, 0.5) is 5.69 Å². The highest BCUT2D eigenvalue weighted by Crippen LogP contribution is 2.20. The number of aliphatic hydroxyl groups excluding tert-OH is 1. The summed E-state index contributed by atoms with van der Waals surface area (Å²) in [6.45, 7) is 0.0125. The van der Waals surface area contributed by atoms with E-state index in [9.17, 15) is 0 Å². The van der Waals surface area contributed by atoms with Crippen LogP contribution in [0.5, 0.6) is 0 Å². The molecule has 0 amide bonds. The van der Waals surface area contributed by atoms with Gasteiger partial charge in [-0.1, -0.05) is 6.07 Å². The second kappa shape index (κ2) is 3.89. The van der Waals surface area contributed by atoms with E-state index in [0.29, 0.717) is 0 Å². The number of rotatable bonds is 2. The van der Waals surface area contributed by atoms with Gasteiger partial charge >= 0.3 is 0 Å². The third-order valence-electron chi connectivity index (χ3n) is 1.43. The lowest BCUT2D eigenvalue weighted by Gasteiger charge is -2.07. The molecule has 0 saturated heterocycles. The van der Waals surface area contributed by atoms with Crippen molar-refractivity contribution in [2.45, 2.75) is 6.61 Å². The zero-order valence-electron chi connectivity index (χ0n) is 5.84. The summed E-state index contributed by atoms with van der Waals surface area (Å²) in [5, 5.41) is 8.93. The number of halogens is 1. The van der Waals surface area contributed by atoms with Gasteiger partial charge in [0.15, 0.2) is 0 Å². The Balaban J connectivity index is 3.13. The molecular formula is C7H9IN2O. The summed E-state index contributed by atoms with van der Waals surface area (Å²) in [6.07, 6.45) is 0. The fourth-order valence-electron chi connectivity index (χ4n) is 0.855. The quantitative estimate of drug-likeness (QED) is 0.425. The molecule has 11 heavy (non-hydrogen) atoms. The van der Waals surface area contributed by atoms with Crippen LogP contribution < -0.4 is 11.3 Å². The van der Waals surface area contributed by atoms with E-state index in [1.807, 2.05) is 18.2 Å². The maximum atomic E-state index is 8.93. The topological polar surface area (TPSA) is 58.3 Å².